The van der Waals surface area contributed by atoms with Crippen molar-refractivity contribution in [1.29, 1.82) is 0 Å². The van der Waals surface area contributed by atoms with Gasteiger partial charge in [0.1, 0.15) is 0 Å². The Bertz CT molecular complexity index is 933. The lowest BCUT2D eigenvalue weighted by Gasteiger charge is -2.03. The molecule has 0 bridgehead atoms. The van der Waals surface area contributed by atoms with Gasteiger partial charge in [0.25, 0.3) is 0 Å². The van der Waals surface area contributed by atoms with E-state index >= 15 is 0 Å². The van der Waals surface area contributed by atoms with Gasteiger partial charge in [-0.15, -0.1) is 16.0 Å². The van der Waals surface area contributed by atoms with Crippen LogP contribution in [0.2, 0.25) is 0 Å². The minimum Gasteiger partial charge on any atom is -0.135 e. The number of hydrogen-bond acceptors (Lipinski definition) is 2. The number of hydrogen-bond donors (Lipinski definition) is 0. The van der Waals surface area contributed by atoms with Gasteiger partial charge < -0.3 is 0 Å². The highest BCUT2D eigenvalue weighted by Gasteiger charge is 2.14. The Kier molecular flexibility index (Phi) is 2.41. The van der Waals surface area contributed by atoms with Crippen molar-refractivity contribution in [2.45, 2.75) is 6.92 Å². The van der Waals surface area contributed by atoms with Crippen LogP contribution in [0.4, 0.5) is 0 Å². The first-order valence-corrected chi connectivity index (χ1v) is 7.38. The number of thiophene rings is 1. The van der Waals surface area contributed by atoms with Crippen LogP contribution in [0.25, 0.3) is 25.9 Å². The number of nitrogens with zero attached hydrogens (tertiary/aromatic N) is 3. The first-order chi connectivity index (χ1) is 9.74. The molecule has 0 spiro atoms. The Hall–Kier alpha value is -2.20. The SMILES string of the molecule is Cc1cc2sc3ccccc3c2cc1-[n+]1ccnn1C. The maximum atomic E-state index is 4.25. The zero-order valence-corrected chi connectivity index (χ0v) is 12.2. The Labute approximate surface area is 120 Å². The maximum absolute atomic E-state index is 4.25. The number of benzene rings is 2. The second-order valence-corrected chi connectivity index (χ2v) is 6.06. The van der Waals surface area contributed by atoms with E-state index in [-0.39, 0.29) is 0 Å². The van der Waals surface area contributed by atoms with Gasteiger partial charge in [0.15, 0.2) is 11.9 Å². The van der Waals surface area contributed by atoms with Gasteiger partial charge in [-0.1, -0.05) is 18.2 Å². The second-order valence-electron chi connectivity index (χ2n) is 4.98. The normalized spacial score (nSPS) is 11.5. The van der Waals surface area contributed by atoms with Crippen LogP contribution in [0, 0.1) is 6.92 Å². The molecule has 0 fully saturated rings. The summed E-state index contributed by atoms with van der Waals surface area (Å²) < 4.78 is 4.76. The first kappa shape index (κ1) is 11.6. The van der Waals surface area contributed by atoms with Gasteiger partial charge in [-0.25, -0.2) is 0 Å². The second kappa shape index (κ2) is 4.15. The van der Waals surface area contributed by atoms with E-state index in [4.69, 9.17) is 0 Å². The summed E-state index contributed by atoms with van der Waals surface area (Å²) in [5, 5.41) is 6.90. The molecule has 98 valence electrons. The summed E-state index contributed by atoms with van der Waals surface area (Å²) in [7, 11) is 1.95. The van der Waals surface area contributed by atoms with Gasteiger partial charge in [-0.3, -0.25) is 0 Å². The van der Waals surface area contributed by atoms with E-state index in [0.717, 1.165) is 0 Å². The van der Waals surface area contributed by atoms with Crippen molar-refractivity contribution in [2.24, 2.45) is 7.05 Å². The molecule has 0 radical (unpaired) electrons. The van der Waals surface area contributed by atoms with Crippen LogP contribution in [-0.2, 0) is 7.05 Å². The fraction of sp³-hybridized carbons (Fsp3) is 0.125. The minimum absolute atomic E-state index is 1.18. The molecule has 0 amide bonds. The monoisotopic (exact) mass is 280 g/mol. The highest BCUT2D eigenvalue weighted by Crippen LogP contribution is 2.35. The van der Waals surface area contributed by atoms with E-state index in [1.165, 1.54) is 31.4 Å². The summed E-state index contributed by atoms with van der Waals surface area (Å²) >= 11 is 1.85. The van der Waals surface area contributed by atoms with Crippen molar-refractivity contribution in [2.75, 3.05) is 0 Å². The predicted molar refractivity (Wildman–Crippen MR) is 82.4 cm³/mol. The molecule has 20 heavy (non-hydrogen) atoms. The largest absolute Gasteiger partial charge is 0.206 e. The van der Waals surface area contributed by atoms with Crippen molar-refractivity contribution in [1.82, 2.24) is 9.90 Å². The molecule has 0 N–H and O–H groups in total. The lowest BCUT2D eigenvalue weighted by atomic mass is 10.1. The molecule has 4 heteroatoms. The summed E-state index contributed by atoms with van der Waals surface area (Å²) in [5.74, 6) is 0. The van der Waals surface area contributed by atoms with Gasteiger partial charge in [0.05, 0.1) is 7.05 Å². The van der Waals surface area contributed by atoms with E-state index in [1.54, 1.807) is 0 Å². The van der Waals surface area contributed by atoms with Gasteiger partial charge in [-0.2, -0.15) is 0 Å². The molecular weight excluding hydrogens is 266 g/mol. The summed E-state index contributed by atoms with van der Waals surface area (Å²) in [5.41, 5.74) is 2.44. The van der Waals surface area contributed by atoms with E-state index in [9.17, 15) is 0 Å². The minimum atomic E-state index is 1.18. The lowest BCUT2D eigenvalue weighted by Crippen LogP contribution is -2.39. The van der Waals surface area contributed by atoms with Crippen LogP contribution >= 0.6 is 11.3 Å². The third-order valence-corrected chi connectivity index (χ3v) is 4.83. The summed E-state index contributed by atoms with van der Waals surface area (Å²) in [6, 6.07) is 13.1. The number of aromatic nitrogens is 3. The van der Waals surface area contributed by atoms with Crippen molar-refractivity contribution < 1.29 is 4.68 Å². The zero-order chi connectivity index (χ0) is 13.7. The first-order valence-electron chi connectivity index (χ1n) is 6.56. The summed E-state index contributed by atoms with van der Waals surface area (Å²) in [4.78, 5) is 1.85. The Morgan fingerprint density at radius 1 is 1.10 bits per heavy atom. The van der Waals surface area contributed by atoms with Crippen LogP contribution in [0.15, 0.2) is 48.8 Å². The molecule has 0 unspecified atom stereocenters. The van der Waals surface area contributed by atoms with E-state index in [1.807, 2.05) is 35.6 Å². The average molecular weight is 280 g/mol. The third kappa shape index (κ3) is 1.58. The molecule has 4 rings (SSSR count). The molecule has 0 atom stereocenters. The van der Waals surface area contributed by atoms with Crippen LogP contribution in [0.5, 0.6) is 0 Å². The number of rotatable bonds is 1. The van der Waals surface area contributed by atoms with Crippen molar-refractivity contribution >= 4 is 31.5 Å². The molecule has 4 aromatic rings. The lowest BCUT2D eigenvalue weighted by molar-refractivity contribution is -0.688. The molecule has 2 heterocycles. The fourth-order valence-corrected chi connectivity index (χ4v) is 3.87. The molecule has 0 saturated carbocycles. The molecule has 0 saturated heterocycles. The molecule has 3 nitrogen and oxygen atoms in total. The van der Waals surface area contributed by atoms with Gasteiger partial charge >= 0.3 is 0 Å². The Balaban J connectivity index is 2.10. The fourth-order valence-electron chi connectivity index (χ4n) is 2.69. The van der Waals surface area contributed by atoms with Crippen LogP contribution in [-0.4, -0.2) is 9.90 Å². The quantitative estimate of drug-likeness (QED) is 0.490. The van der Waals surface area contributed by atoms with Crippen molar-refractivity contribution in [3.8, 4) is 5.69 Å². The highest BCUT2D eigenvalue weighted by atomic mass is 32.1. The smallest absolute Gasteiger partial charge is 0.135 e. The van der Waals surface area contributed by atoms with Crippen molar-refractivity contribution in [3.05, 3.63) is 54.4 Å². The zero-order valence-electron chi connectivity index (χ0n) is 11.4. The molecule has 0 aliphatic rings. The van der Waals surface area contributed by atoms with Gasteiger partial charge in [0, 0.05) is 25.3 Å². The molecule has 2 aromatic heterocycles. The summed E-state index contributed by atoms with van der Waals surface area (Å²) in [6.07, 6.45) is 3.80. The maximum Gasteiger partial charge on any atom is 0.206 e. The molecule has 0 aliphatic carbocycles. The molecular formula is C16H14N3S+. The van der Waals surface area contributed by atoms with Crippen LogP contribution in [0.3, 0.4) is 0 Å². The predicted octanol–water partition coefficient (Wildman–Crippen LogP) is 3.37. The van der Waals surface area contributed by atoms with Crippen molar-refractivity contribution in [3.63, 3.8) is 0 Å². The van der Waals surface area contributed by atoms with E-state index in [2.05, 4.69) is 53.1 Å². The number of aryl methyl sites for hydroxylation is 2. The van der Waals surface area contributed by atoms with Crippen LogP contribution in [0.1, 0.15) is 5.56 Å². The topological polar surface area (TPSA) is 21.7 Å². The summed E-state index contributed by atoms with van der Waals surface area (Å²) in [6.45, 7) is 2.15. The van der Waals surface area contributed by atoms with E-state index < -0.39 is 0 Å². The third-order valence-electron chi connectivity index (χ3n) is 3.70. The standard InChI is InChI=1S/C16H14N3S/c1-11-9-16-13(12-5-3-4-6-15(12)20-16)10-14(11)19-8-7-17-18(19)2/h3-10H,1-2H3/q+1. The number of fused-ring (bicyclic) bond motifs is 3. The average Bonchev–Trinajstić information content (AvgIpc) is 3.01. The van der Waals surface area contributed by atoms with E-state index in [0.29, 0.717) is 0 Å². The molecule has 0 aliphatic heterocycles. The van der Waals surface area contributed by atoms with Gasteiger partial charge in [-0.05, 0) is 35.5 Å². The molecule has 2 aromatic carbocycles. The van der Waals surface area contributed by atoms with Crippen LogP contribution < -0.4 is 4.68 Å². The Morgan fingerprint density at radius 3 is 2.75 bits per heavy atom. The highest BCUT2D eigenvalue weighted by molar-refractivity contribution is 7.25. The Morgan fingerprint density at radius 2 is 1.95 bits per heavy atom. The van der Waals surface area contributed by atoms with Gasteiger partial charge in [0.2, 0.25) is 6.20 Å².